The van der Waals surface area contributed by atoms with Crippen LogP contribution in [0.15, 0.2) is 0 Å². The monoisotopic (exact) mass is 210 g/mol. The SMILES string of the molecule is CCCn1nnnc1COC(=O)C1CC1. The van der Waals surface area contributed by atoms with Gasteiger partial charge in [-0.25, -0.2) is 4.68 Å². The number of nitrogens with zero attached hydrogens (tertiary/aromatic N) is 4. The van der Waals surface area contributed by atoms with Crippen LogP contribution in [-0.4, -0.2) is 26.2 Å². The van der Waals surface area contributed by atoms with E-state index < -0.39 is 0 Å². The first kappa shape index (κ1) is 10.1. The van der Waals surface area contributed by atoms with Crippen LogP contribution in [0.3, 0.4) is 0 Å². The van der Waals surface area contributed by atoms with E-state index in [4.69, 9.17) is 4.74 Å². The maximum Gasteiger partial charge on any atom is 0.309 e. The third kappa shape index (κ3) is 2.51. The van der Waals surface area contributed by atoms with Gasteiger partial charge in [0.05, 0.1) is 5.92 Å². The van der Waals surface area contributed by atoms with Crippen molar-refractivity contribution < 1.29 is 9.53 Å². The van der Waals surface area contributed by atoms with Crippen molar-refractivity contribution in [1.29, 1.82) is 0 Å². The van der Waals surface area contributed by atoms with Crippen molar-refractivity contribution in [2.45, 2.75) is 39.3 Å². The molecule has 1 aromatic rings. The Hall–Kier alpha value is -1.46. The van der Waals surface area contributed by atoms with Gasteiger partial charge in [-0.3, -0.25) is 4.79 Å². The Morgan fingerprint density at radius 2 is 2.40 bits per heavy atom. The van der Waals surface area contributed by atoms with Crippen LogP contribution in [0.4, 0.5) is 0 Å². The Labute approximate surface area is 87.6 Å². The molecule has 0 aromatic carbocycles. The topological polar surface area (TPSA) is 69.9 Å². The van der Waals surface area contributed by atoms with E-state index in [0.29, 0.717) is 5.82 Å². The van der Waals surface area contributed by atoms with Crippen molar-refractivity contribution in [2.75, 3.05) is 0 Å². The zero-order chi connectivity index (χ0) is 10.7. The number of aromatic nitrogens is 4. The van der Waals surface area contributed by atoms with Crippen molar-refractivity contribution in [3.8, 4) is 0 Å². The largest absolute Gasteiger partial charge is 0.457 e. The molecule has 1 aliphatic carbocycles. The van der Waals surface area contributed by atoms with Gasteiger partial charge in [0, 0.05) is 6.54 Å². The number of hydrogen-bond donors (Lipinski definition) is 0. The smallest absolute Gasteiger partial charge is 0.309 e. The van der Waals surface area contributed by atoms with Crippen molar-refractivity contribution in [3.05, 3.63) is 5.82 Å². The Morgan fingerprint density at radius 1 is 1.60 bits per heavy atom. The quantitative estimate of drug-likeness (QED) is 0.663. The summed E-state index contributed by atoms with van der Waals surface area (Å²) in [4.78, 5) is 11.3. The zero-order valence-electron chi connectivity index (χ0n) is 8.72. The second-order valence-electron chi connectivity index (χ2n) is 3.70. The number of hydrogen-bond acceptors (Lipinski definition) is 5. The first-order valence-corrected chi connectivity index (χ1v) is 5.23. The third-order valence-corrected chi connectivity index (χ3v) is 2.30. The summed E-state index contributed by atoms with van der Waals surface area (Å²) in [6, 6.07) is 0. The number of carbonyl (C=O) groups excluding carboxylic acids is 1. The molecule has 1 saturated carbocycles. The normalized spacial score (nSPS) is 15.3. The predicted molar refractivity (Wildman–Crippen MR) is 50.6 cm³/mol. The molecule has 6 heteroatoms. The number of aryl methyl sites for hydroxylation is 1. The van der Waals surface area contributed by atoms with Crippen LogP contribution in [0.25, 0.3) is 0 Å². The maximum absolute atomic E-state index is 11.3. The molecule has 0 atom stereocenters. The fourth-order valence-electron chi connectivity index (χ4n) is 1.28. The van der Waals surface area contributed by atoms with Crippen LogP contribution in [0.1, 0.15) is 32.0 Å². The highest BCUT2D eigenvalue weighted by Gasteiger charge is 2.31. The van der Waals surface area contributed by atoms with Crippen molar-refractivity contribution in [1.82, 2.24) is 20.2 Å². The molecule has 15 heavy (non-hydrogen) atoms. The van der Waals surface area contributed by atoms with Gasteiger partial charge in [0.15, 0.2) is 12.4 Å². The van der Waals surface area contributed by atoms with Crippen LogP contribution in [0, 0.1) is 5.92 Å². The lowest BCUT2D eigenvalue weighted by molar-refractivity contribution is -0.146. The van der Waals surface area contributed by atoms with Crippen LogP contribution >= 0.6 is 0 Å². The van der Waals surface area contributed by atoms with Crippen LogP contribution in [0.2, 0.25) is 0 Å². The third-order valence-electron chi connectivity index (χ3n) is 2.30. The molecule has 0 amide bonds. The molecule has 0 aliphatic heterocycles. The summed E-state index contributed by atoms with van der Waals surface area (Å²) in [7, 11) is 0. The number of tetrazole rings is 1. The molecule has 0 saturated heterocycles. The highest BCUT2D eigenvalue weighted by Crippen LogP contribution is 2.30. The molecule has 0 bridgehead atoms. The fraction of sp³-hybridized carbons (Fsp3) is 0.778. The van der Waals surface area contributed by atoms with Crippen molar-refractivity contribution in [3.63, 3.8) is 0 Å². The minimum Gasteiger partial charge on any atom is -0.457 e. The highest BCUT2D eigenvalue weighted by molar-refractivity contribution is 5.74. The second kappa shape index (κ2) is 4.37. The number of esters is 1. The highest BCUT2D eigenvalue weighted by atomic mass is 16.5. The first-order chi connectivity index (χ1) is 7.31. The Bertz CT molecular complexity index is 346. The van der Waals surface area contributed by atoms with E-state index in [1.807, 2.05) is 6.92 Å². The zero-order valence-corrected chi connectivity index (χ0v) is 8.72. The lowest BCUT2D eigenvalue weighted by Gasteiger charge is -2.03. The summed E-state index contributed by atoms with van der Waals surface area (Å²) in [6.07, 6.45) is 2.87. The van der Waals surface area contributed by atoms with Gasteiger partial charge in [-0.15, -0.1) is 5.10 Å². The summed E-state index contributed by atoms with van der Waals surface area (Å²) < 4.78 is 6.76. The molecule has 0 N–H and O–H groups in total. The Morgan fingerprint density at radius 3 is 3.07 bits per heavy atom. The van der Waals surface area contributed by atoms with Gasteiger partial charge in [0.1, 0.15) is 0 Å². The molecule has 1 aliphatic rings. The number of rotatable bonds is 5. The van der Waals surface area contributed by atoms with Gasteiger partial charge in [-0.1, -0.05) is 6.92 Å². The number of ether oxygens (including phenoxy) is 1. The van der Waals surface area contributed by atoms with Gasteiger partial charge >= 0.3 is 5.97 Å². The standard InChI is InChI=1S/C9H14N4O2/c1-2-5-13-8(10-11-12-13)6-15-9(14)7-3-4-7/h7H,2-6H2,1H3. The molecule has 6 nitrogen and oxygen atoms in total. The summed E-state index contributed by atoms with van der Waals surface area (Å²) in [6.45, 7) is 2.98. The molecular formula is C9H14N4O2. The van der Waals surface area contributed by atoms with Crippen molar-refractivity contribution in [2.24, 2.45) is 5.92 Å². The molecule has 2 rings (SSSR count). The van der Waals surface area contributed by atoms with Crippen LogP contribution < -0.4 is 0 Å². The van der Waals surface area contributed by atoms with E-state index in [2.05, 4.69) is 15.5 Å². The van der Waals surface area contributed by atoms with Crippen LogP contribution in [-0.2, 0) is 22.7 Å². The van der Waals surface area contributed by atoms with Gasteiger partial charge in [0.2, 0.25) is 0 Å². The van der Waals surface area contributed by atoms with Gasteiger partial charge in [0.25, 0.3) is 0 Å². The number of carbonyl (C=O) groups is 1. The lowest BCUT2D eigenvalue weighted by Crippen LogP contribution is -2.11. The van der Waals surface area contributed by atoms with E-state index in [-0.39, 0.29) is 18.5 Å². The molecular weight excluding hydrogens is 196 g/mol. The molecule has 1 heterocycles. The minimum atomic E-state index is -0.124. The van der Waals surface area contributed by atoms with E-state index in [9.17, 15) is 4.79 Å². The van der Waals surface area contributed by atoms with Gasteiger partial charge in [-0.2, -0.15) is 0 Å². The predicted octanol–water partition coefficient (Wildman–Crippen LogP) is 0.536. The average molecular weight is 210 g/mol. The minimum absolute atomic E-state index is 0.124. The fourth-order valence-corrected chi connectivity index (χ4v) is 1.28. The summed E-state index contributed by atoms with van der Waals surface area (Å²) in [5.41, 5.74) is 0. The lowest BCUT2D eigenvalue weighted by atomic mass is 10.4. The molecule has 0 spiro atoms. The first-order valence-electron chi connectivity index (χ1n) is 5.23. The molecule has 1 aromatic heterocycles. The Kier molecular flexibility index (Phi) is 2.94. The summed E-state index contributed by atoms with van der Waals surface area (Å²) in [5.74, 6) is 0.618. The summed E-state index contributed by atoms with van der Waals surface area (Å²) in [5, 5.41) is 11.2. The second-order valence-corrected chi connectivity index (χ2v) is 3.70. The van der Waals surface area contributed by atoms with E-state index in [1.54, 1.807) is 4.68 Å². The Balaban J connectivity index is 1.86. The maximum atomic E-state index is 11.3. The van der Waals surface area contributed by atoms with E-state index in [1.165, 1.54) is 0 Å². The van der Waals surface area contributed by atoms with Crippen molar-refractivity contribution >= 4 is 5.97 Å². The summed E-state index contributed by atoms with van der Waals surface area (Å²) >= 11 is 0. The molecule has 0 unspecified atom stereocenters. The van der Waals surface area contributed by atoms with Crippen LogP contribution in [0.5, 0.6) is 0 Å². The molecule has 0 radical (unpaired) electrons. The van der Waals surface area contributed by atoms with E-state index >= 15 is 0 Å². The molecule has 1 fully saturated rings. The average Bonchev–Trinajstić information content (AvgIpc) is 2.99. The van der Waals surface area contributed by atoms with E-state index in [0.717, 1.165) is 25.8 Å². The van der Waals surface area contributed by atoms with Gasteiger partial charge in [-0.05, 0) is 29.7 Å². The van der Waals surface area contributed by atoms with Gasteiger partial charge < -0.3 is 4.74 Å². The molecule has 82 valence electrons.